The Morgan fingerprint density at radius 1 is 1.35 bits per heavy atom. The fraction of sp³-hybridized carbons (Fsp3) is 0.0909. The van der Waals surface area contributed by atoms with Crippen molar-refractivity contribution >= 4 is 12.2 Å². The van der Waals surface area contributed by atoms with Gasteiger partial charge in [0, 0.05) is 0 Å². The van der Waals surface area contributed by atoms with Crippen molar-refractivity contribution < 1.29 is 8.78 Å². The van der Waals surface area contributed by atoms with Crippen LogP contribution in [-0.2, 0) is 0 Å². The van der Waals surface area contributed by atoms with Gasteiger partial charge in [-0.25, -0.2) is 18.4 Å². The summed E-state index contributed by atoms with van der Waals surface area (Å²) in [5.41, 5.74) is 6.00. The first-order valence-electron chi connectivity index (χ1n) is 4.88. The predicted molar refractivity (Wildman–Crippen MR) is 60.7 cm³/mol. The van der Waals surface area contributed by atoms with Crippen LogP contribution >= 0.6 is 0 Å². The van der Waals surface area contributed by atoms with Crippen molar-refractivity contribution in [2.75, 3.05) is 5.73 Å². The highest BCUT2D eigenvalue weighted by Gasteiger charge is 2.05. The van der Waals surface area contributed by atoms with E-state index in [-0.39, 0.29) is 11.5 Å². The van der Waals surface area contributed by atoms with Gasteiger partial charge in [0.15, 0.2) is 0 Å². The van der Waals surface area contributed by atoms with Gasteiger partial charge < -0.3 is 5.73 Å². The fourth-order valence-electron chi connectivity index (χ4n) is 1.35. The zero-order valence-electron chi connectivity index (χ0n) is 9.06. The molecule has 0 spiro atoms. The predicted octanol–water partition coefficient (Wildman–Crippen LogP) is 1.93. The standard InChI is InChI=1S/C11H10F2N4/c1-7-6-17(11(14)16-7)15-5-8-9(12)3-2-4-10(8)13/h2-6H,1H3,(H2,14,16). The van der Waals surface area contributed by atoms with E-state index in [9.17, 15) is 8.78 Å². The number of nitrogens with zero attached hydrogens (tertiary/aromatic N) is 3. The molecule has 0 bridgehead atoms. The topological polar surface area (TPSA) is 56.2 Å². The molecular weight excluding hydrogens is 226 g/mol. The third-order valence-electron chi connectivity index (χ3n) is 2.15. The van der Waals surface area contributed by atoms with Crippen LogP contribution in [0.15, 0.2) is 29.5 Å². The Balaban J connectivity index is 2.35. The summed E-state index contributed by atoms with van der Waals surface area (Å²) in [6, 6.07) is 3.61. The van der Waals surface area contributed by atoms with Crippen LogP contribution in [0.25, 0.3) is 0 Å². The van der Waals surface area contributed by atoms with Crippen LogP contribution in [0.4, 0.5) is 14.7 Å². The zero-order valence-corrected chi connectivity index (χ0v) is 9.06. The molecule has 0 fully saturated rings. The maximum atomic E-state index is 13.3. The van der Waals surface area contributed by atoms with Gasteiger partial charge in [-0.3, -0.25) is 0 Å². The molecule has 0 unspecified atom stereocenters. The number of nitrogen functional groups attached to an aromatic ring is 1. The molecule has 1 aromatic heterocycles. The Morgan fingerprint density at radius 3 is 2.53 bits per heavy atom. The van der Waals surface area contributed by atoms with E-state index < -0.39 is 11.6 Å². The number of benzene rings is 1. The van der Waals surface area contributed by atoms with E-state index >= 15 is 0 Å². The van der Waals surface area contributed by atoms with Gasteiger partial charge in [-0.1, -0.05) is 6.07 Å². The average molecular weight is 236 g/mol. The second-order valence-electron chi connectivity index (χ2n) is 3.46. The zero-order chi connectivity index (χ0) is 12.4. The van der Waals surface area contributed by atoms with E-state index in [0.717, 1.165) is 18.3 Å². The van der Waals surface area contributed by atoms with Gasteiger partial charge in [-0.2, -0.15) is 5.10 Å². The number of halogens is 2. The second-order valence-corrected chi connectivity index (χ2v) is 3.46. The minimum Gasteiger partial charge on any atom is -0.368 e. The monoisotopic (exact) mass is 236 g/mol. The third kappa shape index (κ3) is 2.30. The summed E-state index contributed by atoms with van der Waals surface area (Å²) in [4.78, 5) is 3.91. The van der Waals surface area contributed by atoms with Gasteiger partial charge >= 0.3 is 0 Å². The van der Waals surface area contributed by atoms with Crippen molar-refractivity contribution in [3.8, 4) is 0 Å². The van der Waals surface area contributed by atoms with Gasteiger partial charge in [0.2, 0.25) is 5.95 Å². The first-order chi connectivity index (χ1) is 8.08. The van der Waals surface area contributed by atoms with E-state index in [4.69, 9.17) is 5.73 Å². The number of hydrogen-bond acceptors (Lipinski definition) is 3. The van der Waals surface area contributed by atoms with Gasteiger partial charge in [0.25, 0.3) is 0 Å². The summed E-state index contributed by atoms with van der Waals surface area (Å²) in [6.45, 7) is 1.74. The third-order valence-corrected chi connectivity index (χ3v) is 2.15. The average Bonchev–Trinajstić information content (AvgIpc) is 2.57. The van der Waals surface area contributed by atoms with E-state index in [1.165, 1.54) is 10.7 Å². The van der Waals surface area contributed by atoms with E-state index in [1.807, 2.05) is 0 Å². The van der Waals surface area contributed by atoms with Crippen molar-refractivity contribution in [2.24, 2.45) is 5.10 Å². The summed E-state index contributed by atoms with van der Waals surface area (Å²) < 4.78 is 27.8. The van der Waals surface area contributed by atoms with Gasteiger partial charge in [-0.05, 0) is 19.1 Å². The molecule has 0 radical (unpaired) electrons. The summed E-state index contributed by atoms with van der Waals surface area (Å²) in [6.07, 6.45) is 2.63. The SMILES string of the molecule is Cc1cn(N=Cc2c(F)cccc2F)c(N)n1. The molecule has 2 rings (SSSR count). The summed E-state index contributed by atoms with van der Waals surface area (Å²) >= 11 is 0. The Morgan fingerprint density at radius 2 is 2.00 bits per heavy atom. The molecule has 17 heavy (non-hydrogen) atoms. The Bertz CT molecular complexity index is 555. The molecule has 2 aromatic rings. The second kappa shape index (κ2) is 4.32. The lowest BCUT2D eigenvalue weighted by atomic mass is 10.2. The maximum Gasteiger partial charge on any atom is 0.221 e. The van der Waals surface area contributed by atoms with Crippen molar-refractivity contribution in [3.63, 3.8) is 0 Å². The molecular formula is C11H10F2N4. The molecule has 0 saturated heterocycles. The van der Waals surface area contributed by atoms with Crippen molar-refractivity contribution in [3.05, 3.63) is 47.3 Å². The minimum absolute atomic E-state index is 0.162. The van der Waals surface area contributed by atoms with Crippen molar-refractivity contribution in [1.82, 2.24) is 9.66 Å². The van der Waals surface area contributed by atoms with E-state index in [0.29, 0.717) is 5.69 Å². The van der Waals surface area contributed by atoms with Crippen molar-refractivity contribution in [2.45, 2.75) is 6.92 Å². The van der Waals surface area contributed by atoms with Crippen LogP contribution in [0.3, 0.4) is 0 Å². The number of rotatable bonds is 2. The lowest BCUT2D eigenvalue weighted by Gasteiger charge is -1.98. The lowest BCUT2D eigenvalue weighted by molar-refractivity contribution is 0.580. The quantitative estimate of drug-likeness (QED) is 0.810. The molecule has 2 N–H and O–H groups in total. The number of imidazole rings is 1. The van der Waals surface area contributed by atoms with Gasteiger partial charge in [-0.15, -0.1) is 0 Å². The molecule has 0 atom stereocenters. The first kappa shape index (κ1) is 11.3. The maximum absolute atomic E-state index is 13.3. The Labute approximate surface area is 96.4 Å². The molecule has 1 heterocycles. The fourth-order valence-corrected chi connectivity index (χ4v) is 1.35. The van der Waals surface area contributed by atoms with Crippen LogP contribution in [0.5, 0.6) is 0 Å². The number of nitrogens with two attached hydrogens (primary N) is 1. The molecule has 0 aliphatic heterocycles. The highest BCUT2D eigenvalue weighted by atomic mass is 19.1. The number of anilines is 1. The van der Waals surface area contributed by atoms with Crippen LogP contribution in [0.2, 0.25) is 0 Å². The lowest BCUT2D eigenvalue weighted by Crippen LogP contribution is -1.99. The van der Waals surface area contributed by atoms with E-state index in [2.05, 4.69) is 10.1 Å². The minimum atomic E-state index is -0.677. The number of aryl methyl sites for hydroxylation is 1. The molecule has 0 amide bonds. The van der Waals surface area contributed by atoms with Crippen molar-refractivity contribution in [1.29, 1.82) is 0 Å². The Hall–Kier alpha value is -2.24. The largest absolute Gasteiger partial charge is 0.368 e. The molecule has 4 nitrogen and oxygen atoms in total. The summed E-state index contributed by atoms with van der Waals surface area (Å²) in [7, 11) is 0. The van der Waals surface area contributed by atoms with Gasteiger partial charge in [0.05, 0.1) is 23.7 Å². The molecule has 88 valence electrons. The normalized spacial score (nSPS) is 11.2. The highest BCUT2D eigenvalue weighted by Crippen LogP contribution is 2.10. The molecule has 1 aromatic carbocycles. The number of aromatic nitrogens is 2. The summed E-state index contributed by atoms with van der Waals surface area (Å²) in [5.74, 6) is -1.19. The van der Waals surface area contributed by atoms with Crippen LogP contribution in [0, 0.1) is 18.6 Å². The molecule has 6 heteroatoms. The van der Waals surface area contributed by atoms with Gasteiger partial charge in [0.1, 0.15) is 11.6 Å². The molecule has 0 aliphatic carbocycles. The molecule has 0 aliphatic rings. The highest BCUT2D eigenvalue weighted by molar-refractivity contribution is 5.80. The summed E-state index contributed by atoms with van der Waals surface area (Å²) in [5, 5.41) is 3.84. The van der Waals surface area contributed by atoms with Crippen LogP contribution in [0.1, 0.15) is 11.3 Å². The molecule has 0 saturated carbocycles. The van der Waals surface area contributed by atoms with Crippen LogP contribution in [-0.4, -0.2) is 15.9 Å². The number of hydrogen-bond donors (Lipinski definition) is 1. The smallest absolute Gasteiger partial charge is 0.221 e. The van der Waals surface area contributed by atoms with E-state index in [1.54, 1.807) is 13.1 Å². The van der Waals surface area contributed by atoms with Crippen LogP contribution < -0.4 is 5.73 Å². The Kier molecular flexibility index (Phi) is 2.86. The first-order valence-corrected chi connectivity index (χ1v) is 4.88.